The summed E-state index contributed by atoms with van der Waals surface area (Å²) in [5, 5.41) is 9.11. The molecule has 0 saturated carbocycles. The quantitative estimate of drug-likeness (QED) is 0.558. The number of hydrogen-bond acceptors (Lipinski definition) is 5. The molecular formula is C24H32N4O2S. The van der Waals surface area contributed by atoms with Crippen LogP contribution in [0.1, 0.15) is 57.7 Å². The first-order valence-electron chi connectivity index (χ1n) is 11.4. The molecule has 4 rings (SSSR count). The van der Waals surface area contributed by atoms with Crippen LogP contribution in [0.25, 0.3) is 20.2 Å². The van der Waals surface area contributed by atoms with Gasteiger partial charge in [-0.3, -0.25) is 9.59 Å². The molecule has 2 aromatic heterocycles. The van der Waals surface area contributed by atoms with E-state index in [1.807, 2.05) is 31.2 Å². The van der Waals surface area contributed by atoms with Gasteiger partial charge in [-0.05, 0) is 52.1 Å². The van der Waals surface area contributed by atoms with Gasteiger partial charge < -0.3 is 10.2 Å². The smallest absolute Gasteiger partial charge is 0.276 e. The molecule has 3 heterocycles. The van der Waals surface area contributed by atoms with Crippen LogP contribution < -0.4 is 10.9 Å². The van der Waals surface area contributed by atoms with Gasteiger partial charge >= 0.3 is 0 Å². The first-order valence-corrected chi connectivity index (χ1v) is 12.2. The van der Waals surface area contributed by atoms with E-state index in [1.165, 1.54) is 30.4 Å². The first kappa shape index (κ1) is 22.0. The van der Waals surface area contributed by atoms with Crippen LogP contribution in [0, 0.1) is 6.92 Å². The number of nitrogens with zero attached hydrogens (tertiary/aromatic N) is 3. The van der Waals surface area contributed by atoms with Crippen molar-refractivity contribution < 1.29 is 4.79 Å². The Hall–Kier alpha value is -2.25. The molecule has 0 radical (unpaired) electrons. The number of nitrogens with one attached hydrogen (secondary N) is 1. The molecule has 31 heavy (non-hydrogen) atoms. The Balaban J connectivity index is 1.44. The van der Waals surface area contributed by atoms with Gasteiger partial charge in [-0.15, -0.1) is 11.3 Å². The third-order valence-electron chi connectivity index (χ3n) is 6.49. The number of rotatable bonds is 7. The summed E-state index contributed by atoms with van der Waals surface area (Å²) in [6.07, 6.45) is 6.00. The van der Waals surface area contributed by atoms with Crippen molar-refractivity contribution >= 4 is 37.4 Å². The van der Waals surface area contributed by atoms with E-state index in [4.69, 9.17) is 0 Å². The van der Waals surface area contributed by atoms with E-state index in [2.05, 4.69) is 22.2 Å². The Labute approximate surface area is 187 Å². The fourth-order valence-corrected chi connectivity index (χ4v) is 5.85. The summed E-state index contributed by atoms with van der Waals surface area (Å²) in [6, 6.07) is 7.94. The van der Waals surface area contributed by atoms with Gasteiger partial charge in [0.2, 0.25) is 5.91 Å². The van der Waals surface area contributed by atoms with Crippen molar-refractivity contribution in [3.63, 3.8) is 0 Å². The largest absolute Gasteiger partial charge is 0.354 e. The highest BCUT2D eigenvalue weighted by atomic mass is 32.1. The highest BCUT2D eigenvalue weighted by Gasteiger charge is 2.23. The zero-order chi connectivity index (χ0) is 22.0. The lowest BCUT2D eigenvalue weighted by molar-refractivity contribution is -0.124. The van der Waals surface area contributed by atoms with Crippen molar-refractivity contribution in [2.24, 2.45) is 0 Å². The van der Waals surface area contributed by atoms with Gasteiger partial charge in [0, 0.05) is 29.2 Å². The molecule has 0 unspecified atom stereocenters. The van der Waals surface area contributed by atoms with Gasteiger partial charge in [-0.25, -0.2) is 4.68 Å². The molecule has 0 bridgehead atoms. The third kappa shape index (κ3) is 4.39. The normalized spacial score (nSPS) is 18.5. The van der Waals surface area contributed by atoms with Gasteiger partial charge in [0.05, 0.1) is 15.8 Å². The molecule has 0 aliphatic carbocycles. The number of likely N-dealkylation sites (tertiary alicyclic amines) is 1. The number of aromatic nitrogens is 2. The van der Waals surface area contributed by atoms with E-state index >= 15 is 0 Å². The first-order chi connectivity index (χ1) is 15.0. The molecule has 1 N–H and O–H groups in total. The maximum atomic E-state index is 13.2. The van der Waals surface area contributed by atoms with Crippen LogP contribution in [0.3, 0.4) is 0 Å². The molecule has 0 spiro atoms. The van der Waals surface area contributed by atoms with Crippen molar-refractivity contribution in [2.45, 2.75) is 65.0 Å². The van der Waals surface area contributed by atoms with Gasteiger partial charge in [0.1, 0.15) is 6.04 Å². The van der Waals surface area contributed by atoms with E-state index in [0.29, 0.717) is 18.0 Å². The van der Waals surface area contributed by atoms with Gasteiger partial charge in [-0.2, -0.15) is 5.10 Å². The van der Waals surface area contributed by atoms with Crippen LogP contribution in [0.5, 0.6) is 0 Å². The Morgan fingerprint density at radius 2 is 2.13 bits per heavy atom. The molecule has 1 amide bonds. The number of hydrogen-bond donors (Lipinski definition) is 1. The number of carbonyl (C=O) groups is 1. The average molecular weight is 441 g/mol. The lowest BCUT2D eigenvalue weighted by atomic mass is 10.00. The number of aryl methyl sites for hydroxylation is 1. The molecule has 1 fully saturated rings. The standard InChI is InChI=1S/C24H32N4O2S/c1-4-18-10-7-8-14-27(18)15-9-13-25-23(29)17(3)28-24(30)21-19-11-5-6-12-20(19)31-22(21)16(2)26-28/h5-6,11-12,17-18H,4,7-10,13-15H2,1-3H3,(H,25,29)/t17-,18+/m0/s1. The van der Waals surface area contributed by atoms with E-state index in [1.54, 1.807) is 18.3 Å². The monoisotopic (exact) mass is 440 g/mol. The summed E-state index contributed by atoms with van der Waals surface area (Å²) in [5.41, 5.74) is 0.589. The molecular weight excluding hydrogens is 408 g/mol. The lowest BCUT2D eigenvalue weighted by Gasteiger charge is -2.35. The Kier molecular flexibility index (Phi) is 6.72. The summed E-state index contributed by atoms with van der Waals surface area (Å²) < 4.78 is 3.32. The van der Waals surface area contributed by atoms with E-state index in [9.17, 15) is 9.59 Å². The fraction of sp³-hybridized carbons (Fsp3) is 0.542. The molecule has 1 aromatic carbocycles. The van der Waals surface area contributed by atoms with E-state index < -0.39 is 6.04 Å². The highest BCUT2D eigenvalue weighted by molar-refractivity contribution is 7.26. The van der Waals surface area contributed by atoms with Crippen molar-refractivity contribution in [1.82, 2.24) is 20.0 Å². The number of benzene rings is 1. The van der Waals surface area contributed by atoms with Crippen LogP contribution in [0.4, 0.5) is 0 Å². The van der Waals surface area contributed by atoms with E-state index in [-0.39, 0.29) is 11.5 Å². The number of thiophene rings is 1. The molecule has 7 heteroatoms. The van der Waals surface area contributed by atoms with Crippen molar-refractivity contribution in [2.75, 3.05) is 19.6 Å². The summed E-state index contributed by atoms with van der Waals surface area (Å²) in [7, 11) is 0. The number of piperidine rings is 1. The maximum absolute atomic E-state index is 13.2. The van der Waals surface area contributed by atoms with Crippen LogP contribution in [-0.2, 0) is 4.79 Å². The molecule has 1 aliphatic heterocycles. The van der Waals surface area contributed by atoms with E-state index in [0.717, 1.165) is 40.0 Å². The summed E-state index contributed by atoms with van der Waals surface area (Å²) in [4.78, 5) is 28.6. The topological polar surface area (TPSA) is 67.2 Å². The van der Waals surface area contributed by atoms with Crippen molar-refractivity contribution in [3.05, 3.63) is 40.3 Å². The predicted molar refractivity (Wildman–Crippen MR) is 128 cm³/mol. The Bertz CT molecular complexity index is 1140. The Morgan fingerprint density at radius 3 is 2.94 bits per heavy atom. The van der Waals surface area contributed by atoms with Crippen LogP contribution in [0.2, 0.25) is 0 Å². The lowest BCUT2D eigenvalue weighted by Crippen LogP contribution is -2.41. The predicted octanol–water partition coefficient (Wildman–Crippen LogP) is 4.25. The van der Waals surface area contributed by atoms with Crippen molar-refractivity contribution in [3.8, 4) is 0 Å². The minimum absolute atomic E-state index is 0.154. The second-order valence-electron chi connectivity index (χ2n) is 8.55. The second kappa shape index (κ2) is 9.49. The molecule has 166 valence electrons. The molecule has 2 atom stereocenters. The second-order valence-corrected chi connectivity index (χ2v) is 9.60. The minimum Gasteiger partial charge on any atom is -0.354 e. The van der Waals surface area contributed by atoms with Crippen LogP contribution in [0.15, 0.2) is 29.1 Å². The Morgan fingerprint density at radius 1 is 1.32 bits per heavy atom. The zero-order valence-electron chi connectivity index (χ0n) is 18.7. The fourth-order valence-electron chi connectivity index (χ4n) is 4.71. The molecule has 3 aromatic rings. The van der Waals surface area contributed by atoms with Crippen molar-refractivity contribution in [1.29, 1.82) is 0 Å². The van der Waals surface area contributed by atoms with Crippen LogP contribution >= 0.6 is 11.3 Å². The van der Waals surface area contributed by atoms with Gasteiger partial charge in [-0.1, -0.05) is 31.5 Å². The van der Waals surface area contributed by atoms with Gasteiger partial charge in [0.25, 0.3) is 5.56 Å². The maximum Gasteiger partial charge on any atom is 0.276 e. The third-order valence-corrected chi connectivity index (χ3v) is 7.77. The van der Waals surface area contributed by atoms with Crippen LogP contribution in [-0.4, -0.2) is 46.3 Å². The summed E-state index contributed by atoms with van der Waals surface area (Å²) in [5.74, 6) is -0.154. The number of fused-ring (bicyclic) bond motifs is 3. The SMILES string of the molecule is CC[C@@H]1CCCCN1CCCNC(=O)[C@H](C)n1nc(C)c2sc3ccccc3c2c1=O. The zero-order valence-corrected chi connectivity index (χ0v) is 19.5. The number of carbonyl (C=O) groups excluding carboxylic acids is 1. The molecule has 1 aliphatic rings. The summed E-state index contributed by atoms with van der Waals surface area (Å²) >= 11 is 1.58. The van der Waals surface area contributed by atoms with Gasteiger partial charge in [0.15, 0.2) is 0 Å². The minimum atomic E-state index is -0.646. The average Bonchev–Trinajstić information content (AvgIpc) is 3.19. The summed E-state index contributed by atoms with van der Waals surface area (Å²) in [6.45, 7) is 8.70. The molecule has 6 nitrogen and oxygen atoms in total. The highest BCUT2D eigenvalue weighted by Crippen LogP contribution is 2.32. The molecule has 1 saturated heterocycles. The number of amides is 1.